The molecule has 0 spiro atoms. The summed E-state index contributed by atoms with van der Waals surface area (Å²) in [5, 5.41) is 18.1. The van der Waals surface area contributed by atoms with Crippen LogP contribution in [0.5, 0.6) is 0 Å². The summed E-state index contributed by atoms with van der Waals surface area (Å²) in [7, 11) is 0. The molecular weight excluding hydrogens is 244 g/mol. The Morgan fingerprint density at radius 2 is 2.26 bits per heavy atom. The highest BCUT2D eigenvalue weighted by Gasteiger charge is 2.07. The van der Waals surface area contributed by atoms with Gasteiger partial charge in [0, 0.05) is 6.07 Å². The van der Waals surface area contributed by atoms with Crippen molar-refractivity contribution in [2.45, 2.75) is 6.92 Å². The smallest absolute Gasteiger partial charge is 0.243 e. The number of anilines is 2. The second-order valence-corrected chi connectivity index (χ2v) is 3.88. The molecule has 0 unspecified atom stereocenters. The minimum atomic E-state index is -0.261. The first-order valence-corrected chi connectivity index (χ1v) is 5.65. The van der Waals surface area contributed by atoms with Gasteiger partial charge in [-0.2, -0.15) is 5.26 Å². The summed E-state index contributed by atoms with van der Waals surface area (Å²) < 4.78 is 4.86. The van der Waals surface area contributed by atoms with E-state index in [1.54, 1.807) is 37.3 Å². The Morgan fingerprint density at radius 3 is 2.95 bits per heavy atom. The fraction of sp³-hybridized carbons (Fsp3) is 0.154. The first-order chi connectivity index (χ1) is 9.19. The third kappa shape index (κ3) is 3.33. The first kappa shape index (κ1) is 12.6. The van der Waals surface area contributed by atoms with Crippen molar-refractivity contribution in [3.05, 3.63) is 41.7 Å². The van der Waals surface area contributed by atoms with E-state index >= 15 is 0 Å². The molecule has 0 atom stereocenters. The van der Waals surface area contributed by atoms with Crippen LogP contribution in [-0.2, 0) is 4.79 Å². The molecule has 0 aliphatic rings. The van der Waals surface area contributed by atoms with Crippen molar-refractivity contribution in [3.63, 3.8) is 0 Å². The van der Waals surface area contributed by atoms with Crippen LogP contribution < -0.4 is 10.6 Å². The summed E-state index contributed by atoms with van der Waals surface area (Å²) >= 11 is 0. The van der Waals surface area contributed by atoms with Crippen molar-refractivity contribution in [3.8, 4) is 6.07 Å². The standard InChI is InChI=1S/C13H12N4O2/c1-9-6-12(17-19-9)15-8-13(18)16-11-5-3-2-4-10(11)7-14/h2-6H,8H2,1H3,(H,15,17)(H,16,18). The SMILES string of the molecule is Cc1cc(NCC(=O)Nc2ccccc2C#N)no1. The average Bonchev–Trinajstić information content (AvgIpc) is 2.83. The largest absolute Gasteiger partial charge is 0.360 e. The van der Waals surface area contributed by atoms with Gasteiger partial charge in [0.2, 0.25) is 5.91 Å². The minimum absolute atomic E-state index is 0.0474. The molecule has 0 aliphatic heterocycles. The van der Waals surface area contributed by atoms with E-state index in [1.165, 1.54) is 0 Å². The lowest BCUT2D eigenvalue weighted by molar-refractivity contribution is -0.114. The van der Waals surface area contributed by atoms with E-state index in [0.717, 1.165) is 0 Å². The monoisotopic (exact) mass is 256 g/mol. The van der Waals surface area contributed by atoms with Crippen LogP contribution >= 0.6 is 0 Å². The number of carbonyl (C=O) groups excluding carboxylic acids is 1. The Bertz CT molecular complexity index is 628. The lowest BCUT2D eigenvalue weighted by Crippen LogP contribution is -2.22. The van der Waals surface area contributed by atoms with Crippen molar-refractivity contribution < 1.29 is 9.32 Å². The number of nitriles is 1. The van der Waals surface area contributed by atoms with Crippen LogP contribution in [-0.4, -0.2) is 17.6 Å². The number of hydrogen-bond acceptors (Lipinski definition) is 5. The van der Waals surface area contributed by atoms with E-state index in [-0.39, 0.29) is 12.5 Å². The zero-order valence-electron chi connectivity index (χ0n) is 10.3. The maximum absolute atomic E-state index is 11.7. The van der Waals surface area contributed by atoms with E-state index in [4.69, 9.17) is 9.78 Å². The van der Waals surface area contributed by atoms with Gasteiger partial charge < -0.3 is 15.2 Å². The lowest BCUT2D eigenvalue weighted by Gasteiger charge is -2.06. The number of nitrogens with zero attached hydrogens (tertiary/aromatic N) is 2. The zero-order chi connectivity index (χ0) is 13.7. The fourth-order valence-electron chi connectivity index (χ4n) is 1.50. The van der Waals surface area contributed by atoms with Crippen LogP contribution in [0.3, 0.4) is 0 Å². The predicted octanol–water partition coefficient (Wildman–Crippen LogP) is 1.91. The topological polar surface area (TPSA) is 91.0 Å². The molecule has 2 aromatic rings. The van der Waals surface area contributed by atoms with Gasteiger partial charge in [0.15, 0.2) is 5.82 Å². The molecule has 1 aromatic carbocycles. The maximum atomic E-state index is 11.7. The Labute approximate surface area is 110 Å². The van der Waals surface area contributed by atoms with Crippen molar-refractivity contribution in [1.29, 1.82) is 5.26 Å². The molecule has 1 amide bonds. The van der Waals surface area contributed by atoms with Gasteiger partial charge in [-0.3, -0.25) is 4.79 Å². The normalized spacial score (nSPS) is 9.68. The fourth-order valence-corrected chi connectivity index (χ4v) is 1.50. The molecule has 19 heavy (non-hydrogen) atoms. The van der Waals surface area contributed by atoms with Gasteiger partial charge in [-0.05, 0) is 19.1 Å². The Kier molecular flexibility index (Phi) is 3.78. The molecule has 2 N–H and O–H groups in total. The molecule has 0 bridgehead atoms. The number of para-hydroxylation sites is 1. The number of hydrogen-bond donors (Lipinski definition) is 2. The molecule has 6 nitrogen and oxygen atoms in total. The van der Waals surface area contributed by atoms with Gasteiger partial charge in [0.25, 0.3) is 0 Å². The molecule has 0 aliphatic carbocycles. The molecule has 0 radical (unpaired) electrons. The third-order valence-corrected chi connectivity index (χ3v) is 2.38. The zero-order valence-corrected chi connectivity index (χ0v) is 10.3. The van der Waals surface area contributed by atoms with Gasteiger partial charge in [-0.1, -0.05) is 17.3 Å². The molecule has 1 heterocycles. The lowest BCUT2D eigenvalue weighted by atomic mass is 10.2. The van der Waals surface area contributed by atoms with E-state index < -0.39 is 0 Å². The van der Waals surface area contributed by atoms with Gasteiger partial charge in [-0.15, -0.1) is 0 Å². The highest BCUT2D eigenvalue weighted by molar-refractivity contribution is 5.94. The summed E-state index contributed by atoms with van der Waals surface area (Å²) in [6.07, 6.45) is 0. The molecular formula is C13H12N4O2. The van der Waals surface area contributed by atoms with Crippen LogP contribution in [0, 0.1) is 18.3 Å². The quantitative estimate of drug-likeness (QED) is 0.871. The van der Waals surface area contributed by atoms with E-state index in [0.29, 0.717) is 22.8 Å². The van der Waals surface area contributed by atoms with Crippen molar-refractivity contribution in [2.24, 2.45) is 0 Å². The van der Waals surface area contributed by atoms with Crippen molar-refractivity contribution in [2.75, 3.05) is 17.2 Å². The highest BCUT2D eigenvalue weighted by atomic mass is 16.5. The molecule has 1 aromatic heterocycles. The van der Waals surface area contributed by atoms with Gasteiger partial charge in [0.1, 0.15) is 11.8 Å². The van der Waals surface area contributed by atoms with E-state index in [2.05, 4.69) is 15.8 Å². The Morgan fingerprint density at radius 1 is 1.47 bits per heavy atom. The van der Waals surface area contributed by atoms with Crippen LogP contribution in [0.2, 0.25) is 0 Å². The third-order valence-electron chi connectivity index (χ3n) is 2.38. The first-order valence-electron chi connectivity index (χ1n) is 5.65. The summed E-state index contributed by atoms with van der Waals surface area (Å²) in [4.78, 5) is 11.7. The predicted molar refractivity (Wildman–Crippen MR) is 69.5 cm³/mol. The number of rotatable bonds is 4. The van der Waals surface area contributed by atoms with Crippen molar-refractivity contribution >= 4 is 17.4 Å². The maximum Gasteiger partial charge on any atom is 0.243 e. The van der Waals surface area contributed by atoms with Crippen LogP contribution in [0.4, 0.5) is 11.5 Å². The summed E-state index contributed by atoms with van der Waals surface area (Å²) in [5.41, 5.74) is 0.918. The van der Waals surface area contributed by atoms with Gasteiger partial charge in [0.05, 0.1) is 17.8 Å². The molecule has 0 fully saturated rings. The number of aromatic nitrogens is 1. The molecule has 2 rings (SSSR count). The van der Waals surface area contributed by atoms with E-state index in [9.17, 15) is 4.79 Å². The van der Waals surface area contributed by atoms with Gasteiger partial charge >= 0.3 is 0 Å². The van der Waals surface area contributed by atoms with E-state index in [1.807, 2.05) is 6.07 Å². The van der Waals surface area contributed by atoms with Crippen LogP contribution in [0.15, 0.2) is 34.9 Å². The minimum Gasteiger partial charge on any atom is -0.360 e. The second-order valence-electron chi connectivity index (χ2n) is 3.88. The summed E-state index contributed by atoms with van der Waals surface area (Å²) in [5.74, 6) is 0.905. The number of benzene rings is 1. The molecule has 6 heteroatoms. The average molecular weight is 256 g/mol. The van der Waals surface area contributed by atoms with Crippen LogP contribution in [0.1, 0.15) is 11.3 Å². The second kappa shape index (κ2) is 5.69. The summed E-state index contributed by atoms with van der Waals surface area (Å²) in [6, 6.07) is 10.5. The number of aryl methyl sites for hydroxylation is 1. The Hall–Kier alpha value is -2.81. The number of nitrogens with one attached hydrogen (secondary N) is 2. The molecule has 96 valence electrons. The van der Waals surface area contributed by atoms with Crippen molar-refractivity contribution in [1.82, 2.24) is 5.16 Å². The van der Waals surface area contributed by atoms with Gasteiger partial charge in [-0.25, -0.2) is 0 Å². The molecule has 0 saturated carbocycles. The Balaban J connectivity index is 1.93. The number of carbonyl (C=O) groups is 1. The van der Waals surface area contributed by atoms with Crippen LogP contribution in [0.25, 0.3) is 0 Å². The summed E-state index contributed by atoms with van der Waals surface area (Å²) in [6.45, 7) is 1.81. The number of amides is 1. The molecule has 0 saturated heterocycles. The highest BCUT2D eigenvalue weighted by Crippen LogP contribution is 2.13.